The molecule has 0 saturated carbocycles. The standard InChI is InChI=1S/C28H30F3N5O5/c1-32-24(38)15-35-9-7-21-25(16-10-19(40-2)13-20(11-16)41-3)33-36(27(39)26(21)35)23-12-17(34-8-6-18(37)14-34)4-5-22(23)28(29,30)31/h4-5,10-13,18,37H,6-9,14-15H2,1-3H3,(H,32,38). The molecule has 1 saturated heterocycles. The zero-order valence-electron chi connectivity index (χ0n) is 22.8. The zero-order valence-corrected chi connectivity index (χ0v) is 22.8. The highest BCUT2D eigenvalue weighted by Gasteiger charge is 2.37. The maximum atomic E-state index is 14.3. The molecule has 13 heteroatoms. The summed E-state index contributed by atoms with van der Waals surface area (Å²) in [4.78, 5) is 29.6. The number of halogens is 3. The minimum Gasteiger partial charge on any atom is -0.497 e. The molecular formula is C28H30F3N5O5. The van der Waals surface area contributed by atoms with Gasteiger partial charge in [0.1, 0.15) is 17.2 Å². The monoisotopic (exact) mass is 573 g/mol. The third-order valence-electron chi connectivity index (χ3n) is 7.40. The van der Waals surface area contributed by atoms with E-state index in [1.807, 2.05) is 0 Å². The highest BCUT2D eigenvalue weighted by molar-refractivity contribution is 5.83. The topological polar surface area (TPSA) is 109 Å². The Morgan fingerprint density at radius 2 is 1.83 bits per heavy atom. The molecule has 1 unspecified atom stereocenters. The van der Waals surface area contributed by atoms with E-state index in [1.165, 1.54) is 33.4 Å². The summed E-state index contributed by atoms with van der Waals surface area (Å²) in [5, 5.41) is 17.0. The summed E-state index contributed by atoms with van der Waals surface area (Å²) < 4.78 is 54.6. The molecular weight excluding hydrogens is 543 g/mol. The lowest BCUT2D eigenvalue weighted by Gasteiger charge is -2.23. The molecule has 1 fully saturated rings. The van der Waals surface area contributed by atoms with Crippen molar-refractivity contribution in [3.63, 3.8) is 0 Å². The van der Waals surface area contributed by atoms with Gasteiger partial charge in [-0.3, -0.25) is 9.59 Å². The SMILES string of the molecule is CNC(=O)CN1CCc2c(-c3cc(OC)cc(OC)c3)nn(-c3cc(N4CCC(O)C4)ccc3C(F)(F)F)c(=O)c21. The number of aromatic nitrogens is 2. The molecule has 1 atom stereocenters. The van der Waals surface area contributed by atoms with Crippen LogP contribution in [0.25, 0.3) is 16.9 Å². The van der Waals surface area contributed by atoms with Crippen molar-refractivity contribution in [2.45, 2.75) is 25.1 Å². The van der Waals surface area contributed by atoms with E-state index in [1.54, 1.807) is 28.0 Å². The Labute approximate surface area is 233 Å². The van der Waals surface area contributed by atoms with Gasteiger partial charge >= 0.3 is 6.18 Å². The minimum absolute atomic E-state index is 0.107. The van der Waals surface area contributed by atoms with E-state index in [0.717, 1.165) is 10.7 Å². The van der Waals surface area contributed by atoms with E-state index >= 15 is 0 Å². The van der Waals surface area contributed by atoms with Gasteiger partial charge in [-0.25, -0.2) is 0 Å². The fraction of sp³-hybridized carbons (Fsp3) is 0.393. The first-order valence-corrected chi connectivity index (χ1v) is 13.0. The third-order valence-corrected chi connectivity index (χ3v) is 7.40. The maximum absolute atomic E-state index is 14.3. The molecule has 3 aromatic rings. The van der Waals surface area contributed by atoms with Gasteiger partial charge in [-0.2, -0.15) is 23.0 Å². The summed E-state index contributed by atoms with van der Waals surface area (Å²) in [5.41, 5.74) is -0.484. The highest BCUT2D eigenvalue weighted by Crippen LogP contribution is 2.39. The second-order valence-electron chi connectivity index (χ2n) is 9.93. The number of ether oxygens (including phenoxy) is 2. The number of carbonyl (C=O) groups excluding carboxylic acids is 1. The normalized spacial score (nSPS) is 16.6. The van der Waals surface area contributed by atoms with Gasteiger partial charge in [0.05, 0.1) is 43.8 Å². The fourth-order valence-corrected chi connectivity index (χ4v) is 5.33. The number of hydrogen-bond acceptors (Lipinski definition) is 8. The first-order chi connectivity index (χ1) is 19.5. The fourth-order valence-electron chi connectivity index (χ4n) is 5.33. The number of benzene rings is 2. The van der Waals surface area contributed by atoms with E-state index in [9.17, 15) is 27.9 Å². The van der Waals surface area contributed by atoms with Gasteiger partial charge in [0.15, 0.2) is 0 Å². The van der Waals surface area contributed by atoms with Crippen LogP contribution in [0.3, 0.4) is 0 Å². The smallest absolute Gasteiger partial charge is 0.418 e. The first-order valence-electron chi connectivity index (χ1n) is 13.0. The summed E-state index contributed by atoms with van der Waals surface area (Å²) >= 11 is 0. The summed E-state index contributed by atoms with van der Waals surface area (Å²) in [7, 11) is 4.41. The van der Waals surface area contributed by atoms with E-state index in [-0.39, 0.29) is 30.4 Å². The Kier molecular flexibility index (Phi) is 7.56. The minimum atomic E-state index is -4.79. The number of rotatable bonds is 7. The zero-order chi connectivity index (χ0) is 29.5. The van der Waals surface area contributed by atoms with Gasteiger partial charge in [0.25, 0.3) is 5.56 Å². The Balaban J connectivity index is 1.79. The molecule has 10 nitrogen and oxygen atoms in total. The number of methoxy groups -OCH3 is 2. The summed E-state index contributed by atoms with van der Waals surface area (Å²) in [6.07, 6.45) is -4.57. The number of nitrogens with zero attached hydrogens (tertiary/aromatic N) is 4. The van der Waals surface area contributed by atoms with Crippen molar-refractivity contribution in [2.24, 2.45) is 0 Å². The number of hydrogen-bond donors (Lipinski definition) is 2. The quantitative estimate of drug-likeness (QED) is 0.444. The summed E-state index contributed by atoms with van der Waals surface area (Å²) in [5.74, 6) is 0.507. The number of likely N-dealkylation sites (N-methyl/N-ethyl adjacent to an activating group) is 1. The molecule has 0 radical (unpaired) electrons. The average molecular weight is 574 g/mol. The van der Waals surface area contributed by atoms with Crippen LogP contribution in [0.2, 0.25) is 0 Å². The van der Waals surface area contributed by atoms with Crippen molar-refractivity contribution in [2.75, 3.05) is 57.2 Å². The van der Waals surface area contributed by atoms with Crippen LogP contribution in [-0.4, -0.2) is 74.3 Å². The molecule has 2 aromatic carbocycles. The van der Waals surface area contributed by atoms with Crippen molar-refractivity contribution < 1.29 is 32.5 Å². The number of β-amino-alcohol motifs (C(OH)–C–C–N with tert-alkyl or cyclic N) is 1. The van der Waals surface area contributed by atoms with Gasteiger partial charge < -0.3 is 29.7 Å². The van der Waals surface area contributed by atoms with Gasteiger partial charge in [0, 0.05) is 49.6 Å². The van der Waals surface area contributed by atoms with Crippen LogP contribution in [0.1, 0.15) is 17.5 Å². The number of nitrogens with one attached hydrogen (secondary N) is 1. The second kappa shape index (κ2) is 11.0. The number of aliphatic hydroxyl groups is 1. The molecule has 2 aliphatic heterocycles. The molecule has 218 valence electrons. The van der Waals surface area contributed by atoms with E-state index in [0.29, 0.717) is 54.2 Å². The molecule has 0 spiro atoms. The lowest BCUT2D eigenvalue weighted by molar-refractivity contribution is -0.137. The molecule has 5 rings (SSSR count). The number of fused-ring (bicyclic) bond motifs is 1. The molecule has 1 amide bonds. The molecule has 41 heavy (non-hydrogen) atoms. The van der Waals surface area contributed by atoms with Gasteiger partial charge in [-0.1, -0.05) is 0 Å². The van der Waals surface area contributed by atoms with Crippen LogP contribution in [0.5, 0.6) is 11.5 Å². The largest absolute Gasteiger partial charge is 0.497 e. The number of anilines is 2. The van der Waals surface area contributed by atoms with E-state index in [4.69, 9.17) is 9.47 Å². The molecule has 2 aliphatic rings. The Bertz CT molecular complexity index is 1520. The Morgan fingerprint density at radius 3 is 2.41 bits per heavy atom. The molecule has 0 bridgehead atoms. The van der Waals surface area contributed by atoms with Crippen molar-refractivity contribution in [1.82, 2.24) is 15.1 Å². The van der Waals surface area contributed by atoms with E-state index < -0.39 is 29.1 Å². The molecule has 1 aromatic heterocycles. The lowest BCUT2D eigenvalue weighted by Crippen LogP contribution is -2.38. The number of aliphatic hydroxyl groups excluding tert-OH is 1. The number of alkyl halides is 3. The van der Waals surface area contributed by atoms with Crippen LogP contribution >= 0.6 is 0 Å². The predicted octanol–water partition coefficient (Wildman–Crippen LogP) is 2.61. The summed E-state index contributed by atoms with van der Waals surface area (Å²) in [6.45, 7) is 0.858. The van der Waals surface area contributed by atoms with Gasteiger partial charge in [-0.05, 0) is 43.2 Å². The number of amides is 1. The lowest BCUT2D eigenvalue weighted by atomic mass is 10.0. The van der Waals surface area contributed by atoms with Crippen LogP contribution in [-0.2, 0) is 17.4 Å². The molecule has 3 heterocycles. The van der Waals surface area contributed by atoms with Crippen molar-refractivity contribution >= 4 is 17.3 Å². The maximum Gasteiger partial charge on any atom is 0.418 e. The highest BCUT2D eigenvalue weighted by atomic mass is 19.4. The van der Waals surface area contributed by atoms with Gasteiger partial charge in [0.2, 0.25) is 5.91 Å². The van der Waals surface area contributed by atoms with Gasteiger partial charge in [-0.15, -0.1) is 0 Å². The van der Waals surface area contributed by atoms with Crippen molar-refractivity contribution in [3.05, 3.63) is 57.9 Å². The Morgan fingerprint density at radius 1 is 1.12 bits per heavy atom. The van der Waals surface area contributed by atoms with Crippen LogP contribution < -0.4 is 30.1 Å². The predicted molar refractivity (Wildman–Crippen MR) is 146 cm³/mol. The first kappa shape index (κ1) is 28.3. The molecule has 0 aliphatic carbocycles. The van der Waals surface area contributed by atoms with Crippen LogP contribution in [0, 0.1) is 0 Å². The summed E-state index contributed by atoms with van der Waals surface area (Å²) in [6, 6.07) is 8.49. The Hall–Kier alpha value is -4.26. The third kappa shape index (κ3) is 5.41. The van der Waals surface area contributed by atoms with Crippen LogP contribution in [0.15, 0.2) is 41.2 Å². The second-order valence-corrected chi connectivity index (χ2v) is 9.93. The van der Waals surface area contributed by atoms with Crippen molar-refractivity contribution in [3.8, 4) is 28.4 Å². The molecule has 2 N–H and O–H groups in total. The number of carbonyl (C=O) groups is 1. The average Bonchev–Trinajstić information content (AvgIpc) is 3.58. The van der Waals surface area contributed by atoms with Crippen LogP contribution in [0.4, 0.5) is 24.5 Å². The van der Waals surface area contributed by atoms with Crippen molar-refractivity contribution in [1.29, 1.82) is 0 Å². The van der Waals surface area contributed by atoms with E-state index in [2.05, 4.69) is 10.4 Å².